The van der Waals surface area contributed by atoms with Gasteiger partial charge in [0.2, 0.25) is 0 Å². The SMILES string of the molecule is CON=C(C(=O)NC1C(=O)N2C(C(=O)O)=C(CN3C=CN(C)C3)SCC12)c1csc(N)n1. The van der Waals surface area contributed by atoms with Gasteiger partial charge in [0, 0.05) is 35.5 Å². The number of fused-ring (bicyclic) bond motifs is 1. The number of thiazole rings is 1. The van der Waals surface area contributed by atoms with E-state index >= 15 is 0 Å². The molecule has 0 radical (unpaired) electrons. The smallest absolute Gasteiger partial charge is 0.353 e. The number of anilines is 1. The average Bonchev–Trinajstić information content (AvgIpc) is 3.37. The van der Waals surface area contributed by atoms with Crippen molar-refractivity contribution in [1.29, 1.82) is 0 Å². The van der Waals surface area contributed by atoms with Crippen molar-refractivity contribution in [2.24, 2.45) is 5.16 Å². The van der Waals surface area contributed by atoms with Gasteiger partial charge >= 0.3 is 5.97 Å². The van der Waals surface area contributed by atoms with E-state index in [9.17, 15) is 19.5 Å². The first-order valence-electron chi connectivity index (χ1n) is 9.48. The fourth-order valence-electron chi connectivity index (χ4n) is 3.66. The first-order valence-corrected chi connectivity index (χ1v) is 11.3. The monoisotopic (exact) mass is 479 g/mol. The van der Waals surface area contributed by atoms with Crippen molar-refractivity contribution >= 4 is 51.7 Å². The van der Waals surface area contributed by atoms with Crippen LogP contribution in [0.4, 0.5) is 5.13 Å². The summed E-state index contributed by atoms with van der Waals surface area (Å²) in [5, 5.41) is 18.0. The van der Waals surface area contributed by atoms with Crippen LogP contribution in [0.2, 0.25) is 0 Å². The lowest BCUT2D eigenvalue weighted by Gasteiger charge is -2.50. The van der Waals surface area contributed by atoms with Gasteiger partial charge in [-0.05, 0) is 0 Å². The summed E-state index contributed by atoms with van der Waals surface area (Å²) < 4.78 is 0. The molecule has 2 unspecified atom stereocenters. The second kappa shape index (κ2) is 8.70. The Morgan fingerprint density at radius 3 is 2.81 bits per heavy atom. The minimum atomic E-state index is -1.17. The van der Waals surface area contributed by atoms with E-state index in [2.05, 4.69) is 15.5 Å². The zero-order valence-electron chi connectivity index (χ0n) is 17.2. The average molecular weight is 480 g/mol. The van der Waals surface area contributed by atoms with Crippen LogP contribution in [-0.4, -0.2) is 93.5 Å². The van der Waals surface area contributed by atoms with Gasteiger partial charge in [0.05, 0.1) is 19.3 Å². The third-order valence-corrected chi connectivity index (χ3v) is 6.94. The number of carboxylic acids is 1. The normalized spacial score (nSPS) is 22.8. The number of nitrogen functional groups attached to an aromatic ring is 1. The van der Waals surface area contributed by atoms with E-state index in [0.29, 0.717) is 23.9 Å². The van der Waals surface area contributed by atoms with Crippen LogP contribution in [0, 0.1) is 0 Å². The van der Waals surface area contributed by atoms with Crippen molar-refractivity contribution in [3.8, 4) is 0 Å². The molecule has 2 amide bonds. The second-order valence-corrected chi connectivity index (χ2v) is 9.26. The molecule has 32 heavy (non-hydrogen) atoms. The molecule has 12 nitrogen and oxygen atoms in total. The largest absolute Gasteiger partial charge is 0.477 e. The number of β-lactam (4-membered cyclic amide) rings is 1. The Kier molecular flexibility index (Phi) is 5.97. The number of aromatic nitrogens is 1. The molecule has 0 bridgehead atoms. The molecule has 3 aliphatic heterocycles. The van der Waals surface area contributed by atoms with Crippen LogP contribution >= 0.6 is 23.1 Å². The molecule has 1 aromatic heterocycles. The van der Waals surface area contributed by atoms with Crippen molar-refractivity contribution in [1.82, 2.24) is 25.0 Å². The summed E-state index contributed by atoms with van der Waals surface area (Å²) >= 11 is 2.52. The first kappa shape index (κ1) is 22.0. The molecule has 4 rings (SSSR count). The zero-order valence-corrected chi connectivity index (χ0v) is 18.9. The Hall–Kier alpha value is -3.26. The number of rotatable bonds is 7. The number of nitrogens with one attached hydrogen (secondary N) is 1. The predicted octanol–water partition coefficient (Wildman–Crippen LogP) is -0.509. The van der Waals surface area contributed by atoms with Crippen LogP contribution < -0.4 is 11.1 Å². The lowest BCUT2D eigenvalue weighted by molar-refractivity contribution is -0.153. The molecule has 3 aliphatic rings. The van der Waals surface area contributed by atoms with Gasteiger partial charge < -0.3 is 30.8 Å². The third kappa shape index (κ3) is 3.98. The van der Waals surface area contributed by atoms with E-state index < -0.39 is 29.9 Å². The fraction of sp³-hybridized carbons (Fsp3) is 0.389. The second-order valence-electron chi connectivity index (χ2n) is 7.25. The zero-order chi connectivity index (χ0) is 23.0. The van der Waals surface area contributed by atoms with Crippen molar-refractivity contribution in [3.05, 3.63) is 34.1 Å². The molecule has 1 saturated heterocycles. The summed E-state index contributed by atoms with van der Waals surface area (Å²) in [5.74, 6) is -1.86. The number of nitrogens with two attached hydrogens (primary N) is 1. The minimum absolute atomic E-state index is 0.0391. The molecule has 1 aromatic rings. The number of aliphatic carboxylic acids is 1. The summed E-state index contributed by atoms with van der Waals surface area (Å²) in [6, 6.07) is -1.35. The van der Waals surface area contributed by atoms with Gasteiger partial charge in [-0.2, -0.15) is 0 Å². The van der Waals surface area contributed by atoms with Crippen LogP contribution in [0.3, 0.4) is 0 Å². The molecule has 4 N–H and O–H groups in total. The van der Waals surface area contributed by atoms with Gasteiger partial charge in [-0.1, -0.05) is 5.16 Å². The Bertz CT molecular complexity index is 1050. The number of oxime groups is 1. The molecule has 4 heterocycles. The van der Waals surface area contributed by atoms with Gasteiger partial charge in [0.25, 0.3) is 11.8 Å². The van der Waals surface area contributed by atoms with E-state index in [0.717, 1.165) is 11.3 Å². The van der Waals surface area contributed by atoms with Crippen LogP contribution in [0.15, 0.2) is 33.5 Å². The van der Waals surface area contributed by atoms with Crippen molar-refractivity contribution in [2.75, 3.05) is 38.9 Å². The molecule has 0 spiro atoms. The van der Waals surface area contributed by atoms with Gasteiger partial charge in [0.1, 0.15) is 24.5 Å². The summed E-state index contributed by atoms with van der Waals surface area (Å²) in [4.78, 5) is 52.2. The molecule has 1 fully saturated rings. The number of carbonyl (C=O) groups excluding carboxylic acids is 2. The Morgan fingerprint density at radius 1 is 1.44 bits per heavy atom. The van der Waals surface area contributed by atoms with Crippen molar-refractivity contribution < 1.29 is 24.3 Å². The van der Waals surface area contributed by atoms with Gasteiger partial charge in [0.15, 0.2) is 10.8 Å². The van der Waals surface area contributed by atoms with E-state index in [1.165, 1.54) is 23.8 Å². The van der Waals surface area contributed by atoms with Crippen molar-refractivity contribution in [3.63, 3.8) is 0 Å². The number of carbonyl (C=O) groups is 3. The molecular weight excluding hydrogens is 458 g/mol. The van der Waals surface area contributed by atoms with Crippen LogP contribution in [-0.2, 0) is 19.2 Å². The van der Waals surface area contributed by atoms with E-state index in [1.807, 2.05) is 29.2 Å². The quantitative estimate of drug-likeness (QED) is 0.265. The highest BCUT2D eigenvalue weighted by atomic mass is 32.2. The number of carboxylic acid groups (broad SMARTS) is 1. The number of thioether (sulfide) groups is 1. The van der Waals surface area contributed by atoms with Crippen LogP contribution in [0.25, 0.3) is 0 Å². The fourth-order valence-corrected chi connectivity index (χ4v) is 5.50. The highest BCUT2D eigenvalue weighted by molar-refractivity contribution is 8.03. The number of hydrogen-bond acceptors (Lipinski definition) is 11. The van der Waals surface area contributed by atoms with Gasteiger partial charge in [-0.3, -0.25) is 14.5 Å². The summed E-state index contributed by atoms with van der Waals surface area (Å²) in [6.45, 7) is 1.02. The molecule has 0 aliphatic carbocycles. The number of hydrogen-bond donors (Lipinski definition) is 3. The lowest BCUT2D eigenvalue weighted by Crippen LogP contribution is -2.73. The van der Waals surface area contributed by atoms with E-state index in [1.54, 1.807) is 5.38 Å². The standard InChI is InChI=1S/C18H21N7O5S2/c1-23-3-4-24(8-23)5-11-14(17(28)29)25-10(7-31-11)13(16(25)27)21-15(26)12(22-30-2)9-6-32-18(19)20-9/h3-4,6,10,13H,5,7-8H2,1-2H3,(H2,19,20)(H,21,26)(H,28,29). The Morgan fingerprint density at radius 2 is 2.22 bits per heavy atom. The molecule has 170 valence electrons. The highest BCUT2D eigenvalue weighted by Gasteiger charge is 2.54. The molecule has 0 saturated carbocycles. The van der Waals surface area contributed by atoms with Crippen molar-refractivity contribution in [2.45, 2.75) is 12.1 Å². The van der Waals surface area contributed by atoms with Gasteiger partial charge in [-0.15, -0.1) is 23.1 Å². The van der Waals surface area contributed by atoms with Gasteiger partial charge in [-0.25, -0.2) is 9.78 Å². The number of nitrogens with zero attached hydrogens (tertiary/aromatic N) is 5. The molecule has 2 atom stereocenters. The number of amides is 2. The topological polar surface area (TPSA) is 154 Å². The first-order chi connectivity index (χ1) is 15.3. The lowest BCUT2D eigenvalue weighted by atomic mass is 9.94. The maximum Gasteiger partial charge on any atom is 0.353 e. The summed E-state index contributed by atoms with van der Waals surface area (Å²) in [5.41, 5.74) is 5.70. The molecule has 14 heteroatoms. The highest BCUT2D eigenvalue weighted by Crippen LogP contribution is 2.39. The van der Waals surface area contributed by atoms with E-state index in [4.69, 9.17) is 10.6 Å². The predicted molar refractivity (Wildman–Crippen MR) is 118 cm³/mol. The van der Waals surface area contributed by atoms with E-state index in [-0.39, 0.29) is 22.2 Å². The molecular formula is C18H21N7O5S2. The third-order valence-electron chi connectivity index (χ3n) is 5.09. The van der Waals surface area contributed by atoms with Crippen LogP contribution in [0.5, 0.6) is 0 Å². The Balaban J connectivity index is 1.50. The van der Waals surface area contributed by atoms with Crippen LogP contribution in [0.1, 0.15) is 5.69 Å². The minimum Gasteiger partial charge on any atom is -0.477 e. The maximum atomic E-state index is 12.9. The summed E-state index contributed by atoms with van der Waals surface area (Å²) in [6.07, 6.45) is 3.77. The Labute approximate surface area is 191 Å². The maximum absolute atomic E-state index is 12.9. The molecule has 0 aromatic carbocycles. The summed E-state index contributed by atoms with van der Waals surface area (Å²) in [7, 11) is 3.20.